The monoisotopic (exact) mass is 636 g/mol. The van der Waals surface area contributed by atoms with Crippen LogP contribution in [0.3, 0.4) is 0 Å². The second-order valence-corrected chi connectivity index (χ2v) is 10.8. The normalized spacial score (nSPS) is 10.9. The first-order valence-corrected chi connectivity index (χ1v) is 15.0. The van der Waals surface area contributed by atoms with Crippen molar-refractivity contribution in [2.45, 2.75) is 13.8 Å². The van der Waals surface area contributed by atoms with Crippen molar-refractivity contribution in [3.8, 4) is 0 Å². The number of rotatable bonds is 10. The molecule has 0 radical (unpaired) electrons. The van der Waals surface area contributed by atoms with Gasteiger partial charge in [0.05, 0.1) is 12.4 Å². The van der Waals surface area contributed by atoms with Crippen LogP contribution in [0.5, 0.6) is 0 Å². The maximum atomic E-state index is 12.5. The minimum atomic E-state index is -0.399. The van der Waals surface area contributed by atoms with E-state index in [1.807, 2.05) is 50.2 Å². The lowest BCUT2D eigenvalue weighted by molar-refractivity contribution is 0.0947. The largest absolute Gasteiger partial charge is 0.322 e. The summed E-state index contributed by atoms with van der Waals surface area (Å²) in [5.74, 6) is -1.24. The third-order valence-corrected chi connectivity index (χ3v) is 7.29. The number of hydrogen-bond acceptors (Lipinski definition) is 6. The Morgan fingerprint density at radius 2 is 0.812 bits per heavy atom. The van der Waals surface area contributed by atoms with Crippen LogP contribution in [0.15, 0.2) is 132 Å². The van der Waals surface area contributed by atoms with Gasteiger partial charge in [-0.2, -0.15) is 10.2 Å². The number of amides is 4. The van der Waals surface area contributed by atoms with E-state index in [9.17, 15) is 19.2 Å². The lowest BCUT2D eigenvalue weighted by Gasteiger charge is -2.08. The van der Waals surface area contributed by atoms with Crippen LogP contribution in [0.4, 0.5) is 11.4 Å². The van der Waals surface area contributed by atoms with Gasteiger partial charge in [-0.1, -0.05) is 60.7 Å². The zero-order chi connectivity index (χ0) is 33.9. The fraction of sp³-hybridized carbons (Fsp3) is 0.0526. The first-order chi connectivity index (χ1) is 23.3. The maximum Gasteiger partial charge on any atom is 0.271 e. The summed E-state index contributed by atoms with van der Waals surface area (Å²) in [6.45, 7) is 3.74. The summed E-state index contributed by atoms with van der Waals surface area (Å²) in [7, 11) is 0. The van der Waals surface area contributed by atoms with Crippen LogP contribution in [-0.2, 0) is 0 Å². The molecular weight excluding hydrogens is 604 g/mol. The van der Waals surface area contributed by atoms with Gasteiger partial charge in [-0.3, -0.25) is 19.2 Å². The van der Waals surface area contributed by atoms with E-state index < -0.39 is 11.8 Å². The second kappa shape index (κ2) is 15.5. The molecule has 5 rings (SSSR count). The highest BCUT2D eigenvalue weighted by molar-refractivity contribution is 6.06. The number of aryl methyl sites for hydroxylation is 2. The number of hydrazone groups is 2. The molecule has 0 spiro atoms. The standard InChI is InChI=1S/C38H32N6O4/c1-25-7-3-5-9-33(25)37(47)41-31-19-15-29(16-20-31)35(45)43-39-23-27-11-13-28(14-12-27)24-40-44-36(46)30-17-21-32(22-18-30)42-38(48)34-10-6-4-8-26(34)2/h3-24H,1-2H3,(H,41,47)(H,42,48)(H,43,45)(H,44,46)/b39-23+,40-24+. The van der Waals surface area contributed by atoms with E-state index in [2.05, 4.69) is 31.7 Å². The number of carbonyl (C=O) groups excluding carboxylic acids is 4. The summed E-state index contributed by atoms with van der Waals surface area (Å²) < 4.78 is 0. The summed E-state index contributed by atoms with van der Waals surface area (Å²) in [6, 6.07) is 34.8. The lowest BCUT2D eigenvalue weighted by Crippen LogP contribution is -2.18. The number of anilines is 2. The lowest BCUT2D eigenvalue weighted by atomic mass is 10.1. The van der Waals surface area contributed by atoms with Crippen molar-refractivity contribution in [3.05, 3.63) is 166 Å². The average Bonchev–Trinajstić information content (AvgIpc) is 3.10. The molecule has 0 unspecified atom stereocenters. The fourth-order valence-electron chi connectivity index (χ4n) is 4.59. The van der Waals surface area contributed by atoms with Crippen molar-refractivity contribution in [1.82, 2.24) is 10.9 Å². The van der Waals surface area contributed by atoms with Gasteiger partial charge in [-0.05, 0) is 96.8 Å². The molecule has 10 heteroatoms. The predicted molar refractivity (Wildman–Crippen MR) is 188 cm³/mol. The van der Waals surface area contributed by atoms with Crippen molar-refractivity contribution in [1.29, 1.82) is 0 Å². The minimum Gasteiger partial charge on any atom is -0.322 e. The van der Waals surface area contributed by atoms with Gasteiger partial charge in [0, 0.05) is 33.6 Å². The molecule has 4 amide bonds. The quantitative estimate of drug-likeness (QED) is 0.105. The molecule has 0 saturated heterocycles. The Hall–Kier alpha value is -6.68. The van der Waals surface area contributed by atoms with Crippen LogP contribution in [-0.4, -0.2) is 36.1 Å². The molecule has 4 N–H and O–H groups in total. The Bertz CT molecular complexity index is 1860. The van der Waals surface area contributed by atoms with Crippen molar-refractivity contribution >= 4 is 47.4 Å². The van der Waals surface area contributed by atoms with E-state index in [4.69, 9.17) is 0 Å². The zero-order valence-corrected chi connectivity index (χ0v) is 26.2. The highest BCUT2D eigenvalue weighted by Crippen LogP contribution is 2.15. The Kier molecular flexibility index (Phi) is 10.6. The van der Waals surface area contributed by atoms with Crippen molar-refractivity contribution in [2.75, 3.05) is 10.6 Å². The molecule has 0 aromatic heterocycles. The smallest absolute Gasteiger partial charge is 0.271 e. The van der Waals surface area contributed by atoms with E-state index in [0.717, 1.165) is 22.3 Å². The van der Waals surface area contributed by atoms with Crippen LogP contribution >= 0.6 is 0 Å². The Morgan fingerprint density at radius 3 is 1.17 bits per heavy atom. The molecule has 0 fully saturated rings. The van der Waals surface area contributed by atoms with Crippen LogP contribution in [0.25, 0.3) is 0 Å². The highest BCUT2D eigenvalue weighted by atomic mass is 16.2. The van der Waals surface area contributed by atoms with E-state index in [1.54, 1.807) is 84.9 Å². The Balaban J connectivity index is 1.06. The second-order valence-electron chi connectivity index (χ2n) is 10.8. The first kappa shape index (κ1) is 32.7. The van der Waals surface area contributed by atoms with Gasteiger partial charge >= 0.3 is 0 Å². The molecule has 0 bridgehead atoms. The number of benzene rings is 5. The maximum absolute atomic E-state index is 12.5. The summed E-state index contributed by atoms with van der Waals surface area (Å²) >= 11 is 0. The summed E-state index contributed by atoms with van der Waals surface area (Å²) in [6.07, 6.45) is 3.01. The number of nitrogens with zero attached hydrogens (tertiary/aromatic N) is 2. The third-order valence-electron chi connectivity index (χ3n) is 7.29. The van der Waals surface area contributed by atoms with Gasteiger partial charge in [-0.25, -0.2) is 10.9 Å². The number of nitrogens with one attached hydrogen (secondary N) is 4. The first-order valence-electron chi connectivity index (χ1n) is 15.0. The zero-order valence-electron chi connectivity index (χ0n) is 26.2. The van der Waals surface area contributed by atoms with Crippen LogP contribution < -0.4 is 21.5 Å². The molecule has 5 aromatic carbocycles. The average molecular weight is 637 g/mol. The number of carbonyl (C=O) groups is 4. The molecule has 5 aromatic rings. The molecule has 238 valence electrons. The van der Waals surface area contributed by atoms with E-state index >= 15 is 0 Å². The van der Waals surface area contributed by atoms with E-state index in [1.165, 1.54) is 12.4 Å². The molecular formula is C38H32N6O4. The highest BCUT2D eigenvalue weighted by Gasteiger charge is 2.11. The predicted octanol–water partition coefficient (Wildman–Crippen LogP) is 6.34. The van der Waals surface area contributed by atoms with E-state index in [-0.39, 0.29) is 11.8 Å². The van der Waals surface area contributed by atoms with Crippen molar-refractivity contribution < 1.29 is 19.2 Å². The summed E-state index contributed by atoms with van der Waals surface area (Å²) in [5, 5.41) is 13.7. The fourth-order valence-corrected chi connectivity index (χ4v) is 4.59. The topological polar surface area (TPSA) is 141 Å². The molecule has 0 aliphatic heterocycles. The van der Waals surface area contributed by atoms with Gasteiger partial charge in [0.1, 0.15) is 0 Å². The van der Waals surface area contributed by atoms with E-state index in [0.29, 0.717) is 33.6 Å². The summed E-state index contributed by atoms with van der Waals surface area (Å²) in [4.78, 5) is 50.0. The van der Waals surface area contributed by atoms with Crippen molar-refractivity contribution in [2.24, 2.45) is 10.2 Å². The minimum absolute atomic E-state index is 0.221. The van der Waals surface area contributed by atoms with Gasteiger partial charge in [0.2, 0.25) is 0 Å². The molecule has 48 heavy (non-hydrogen) atoms. The number of hydrogen-bond donors (Lipinski definition) is 4. The van der Waals surface area contributed by atoms with Gasteiger partial charge in [0.15, 0.2) is 0 Å². The molecule has 0 aliphatic rings. The molecule has 10 nitrogen and oxygen atoms in total. The molecule has 0 heterocycles. The Labute approximate surface area is 277 Å². The van der Waals surface area contributed by atoms with Gasteiger partial charge in [0.25, 0.3) is 23.6 Å². The molecule has 0 aliphatic carbocycles. The van der Waals surface area contributed by atoms with Gasteiger partial charge in [-0.15, -0.1) is 0 Å². The van der Waals surface area contributed by atoms with Crippen LogP contribution in [0.1, 0.15) is 63.7 Å². The summed E-state index contributed by atoms with van der Waals surface area (Å²) in [5.41, 5.74) is 11.3. The molecule has 0 atom stereocenters. The third kappa shape index (κ3) is 8.73. The van der Waals surface area contributed by atoms with Crippen LogP contribution in [0.2, 0.25) is 0 Å². The van der Waals surface area contributed by atoms with Crippen molar-refractivity contribution in [3.63, 3.8) is 0 Å². The van der Waals surface area contributed by atoms with Gasteiger partial charge < -0.3 is 10.6 Å². The SMILES string of the molecule is Cc1ccccc1C(=O)Nc1ccc(C(=O)N/N=C/c2ccc(/C=N/NC(=O)c3ccc(NC(=O)c4ccccc4C)cc3)cc2)cc1. The Morgan fingerprint density at radius 1 is 0.458 bits per heavy atom. The molecule has 0 saturated carbocycles. The van der Waals surface area contributed by atoms with Crippen LogP contribution in [0, 0.1) is 13.8 Å².